The first kappa shape index (κ1) is 15.8. The predicted molar refractivity (Wildman–Crippen MR) is 93.9 cm³/mol. The second-order valence-corrected chi connectivity index (χ2v) is 13.1. The number of rotatable bonds is 4. The van der Waals surface area contributed by atoms with Crippen LogP contribution in [0.4, 0.5) is 0 Å². The maximum absolute atomic E-state index is 4.84. The van der Waals surface area contributed by atoms with Gasteiger partial charge in [0.2, 0.25) is 0 Å². The Hall–Kier alpha value is -0.613. The highest BCUT2D eigenvalue weighted by Crippen LogP contribution is 2.43. The monoisotopic (exact) mass is 352 g/mol. The lowest BCUT2D eigenvalue weighted by Crippen LogP contribution is -2.52. The molecule has 0 saturated carbocycles. The summed E-state index contributed by atoms with van der Waals surface area (Å²) in [6, 6.07) is 6.42. The Kier molecular flexibility index (Phi) is 4.45. The van der Waals surface area contributed by atoms with Crippen LogP contribution in [0, 0.1) is 0 Å². The zero-order chi connectivity index (χ0) is 15.1. The van der Waals surface area contributed by atoms with Crippen LogP contribution >= 0.6 is 15.9 Å². The zero-order valence-corrected chi connectivity index (χ0v) is 15.9. The molecule has 0 atom stereocenters. The van der Waals surface area contributed by atoms with Crippen LogP contribution in [0.2, 0.25) is 16.6 Å². The third kappa shape index (κ3) is 2.17. The molecule has 0 amide bonds. The lowest BCUT2D eigenvalue weighted by atomic mass is 10.3. The van der Waals surface area contributed by atoms with Crippen molar-refractivity contribution in [1.29, 1.82) is 0 Å². The van der Waals surface area contributed by atoms with Crippen LogP contribution in [-0.4, -0.2) is 17.7 Å². The number of hydrogen-bond donors (Lipinski definition) is 0. The summed E-state index contributed by atoms with van der Waals surface area (Å²) in [5.74, 6) is 0. The van der Waals surface area contributed by atoms with Gasteiger partial charge in [0, 0.05) is 9.86 Å². The number of aromatic nitrogens is 2. The van der Waals surface area contributed by atoms with Crippen molar-refractivity contribution in [1.82, 2.24) is 9.45 Å². The van der Waals surface area contributed by atoms with Crippen LogP contribution in [0.1, 0.15) is 41.5 Å². The second kappa shape index (κ2) is 5.64. The van der Waals surface area contributed by atoms with Gasteiger partial charge in [0.15, 0.2) is 8.24 Å². The van der Waals surface area contributed by atoms with Gasteiger partial charge in [0.25, 0.3) is 0 Å². The first-order valence-electron chi connectivity index (χ1n) is 7.46. The minimum atomic E-state index is -1.75. The summed E-state index contributed by atoms with van der Waals surface area (Å²) in [4.78, 5) is 0. The quantitative estimate of drug-likeness (QED) is 0.633. The molecular weight excluding hydrogens is 328 g/mol. The Labute approximate surface area is 131 Å². The first-order valence-corrected chi connectivity index (χ1v) is 10.4. The molecule has 0 saturated heterocycles. The van der Waals surface area contributed by atoms with E-state index < -0.39 is 8.24 Å². The van der Waals surface area contributed by atoms with E-state index >= 15 is 0 Å². The van der Waals surface area contributed by atoms with Crippen molar-refractivity contribution < 1.29 is 0 Å². The van der Waals surface area contributed by atoms with E-state index in [2.05, 4.69) is 80.0 Å². The fraction of sp³-hybridized carbons (Fsp3) is 0.562. The van der Waals surface area contributed by atoms with Crippen molar-refractivity contribution in [3.63, 3.8) is 0 Å². The Morgan fingerprint density at radius 1 is 1.00 bits per heavy atom. The summed E-state index contributed by atoms with van der Waals surface area (Å²) in [6.07, 6.45) is 2.02. The molecule has 110 valence electrons. The van der Waals surface area contributed by atoms with Crippen molar-refractivity contribution in [3.05, 3.63) is 28.9 Å². The maximum Gasteiger partial charge on any atom is 0.193 e. The van der Waals surface area contributed by atoms with E-state index in [1.165, 1.54) is 10.9 Å². The van der Waals surface area contributed by atoms with Crippen molar-refractivity contribution in [2.45, 2.75) is 58.2 Å². The highest BCUT2D eigenvalue weighted by atomic mass is 79.9. The van der Waals surface area contributed by atoms with E-state index in [0.717, 1.165) is 4.47 Å². The molecule has 0 fully saturated rings. The second-order valence-electron chi connectivity index (χ2n) is 6.58. The third-order valence-corrected chi connectivity index (χ3v) is 12.0. The van der Waals surface area contributed by atoms with Crippen molar-refractivity contribution >= 4 is 35.1 Å². The fourth-order valence-electron chi connectivity index (χ4n) is 4.06. The van der Waals surface area contributed by atoms with Gasteiger partial charge in [-0.15, -0.1) is 0 Å². The van der Waals surface area contributed by atoms with Gasteiger partial charge in [-0.05, 0) is 28.8 Å². The summed E-state index contributed by atoms with van der Waals surface area (Å²) in [5.41, 5.74) is 3.25. The summed E-state index contributed by atoms with van der Waals surface area (Å²) in [6.45, 7) is 14.2. The smallest absolute Gasteiger partial charge is 0.193 e. The van der Waals surface area contributed by atoms with Crippen LogP contribution in [0.25, 0.3) is 10.9 Å². The van der Waals surface area contributed by atoms with Crippen LogP contribution in [0.5, 0.6) is 0 Å². The van der Waals surface area contributed by atoms with Crippen molar-refractivity contribution in [2.75, 3.05) is 0 Å². The predicted octanol–water partition coefficient (Wildman–Crippen LogP) is 5.82. The molecule has 2 nitrogen and oxygen atoms in total. The number of nitrogens with zero attached hydrogens (tertiary/aromatic N) is 2. The molecule has 1 heterocycles. The van der Waals surface area contributed by atoms with E-state index in [4.69, 9.17) is 5.10 Å². The Balaban J connectivity index is 2.79. The average molecular weight is 353 g/mol. The van der Waals surface area contributed by atoms with Crippen molar-refractivity contribution in [2.24, 2.45) is 0 Å². The van der Waals surface area contributed by atoms with Gasteiger partial charge in [0.1, 0.15) is 0 Å². The standard InChI is InChI=1S/C16H25BrN2Si/c1-11(2)20(12(3)4,13(5)6)19-16-9-7-8-15(17)14(16)10-18-19/h7-13H,1-6H3. The highest BCUT2D eigenvalue weighted by molar-refractivity contribution is 9.10. The van der Waals surface area contributed by atoms with Gasteiger partial charge in [0.05, 0.1) is 11.7 Å². The molecule has 0 aliphatic heterocycles. The van der Waals surface area contributed by atoms with E-state index in [1.54, 1.807) is 0 Å². The summed E-state index contributed by atoms with van der Waals surface area (Å²) >= 11 is 3.65. The van der Waals surface area contributed by atoms with Crippen LogP contribution in [-0.2, 0) is 0 Å². The first-order chi connectivity index (χ1) is 9.33. The molecule has 0 unspecified atom stereocenters. The molecule has 0 bridgehead atoms. The van der Waals surface area contributed by atoms with E-state index in [1.807, 2.05) is 6.20 Å². The molecule has 4 heteroatoms. The van der Waals surface area contributed by atoms with E-state index in [9.17, 15) is 0 Å². The van der Waals surface area contributed by atoms with Crippen molar-refractivity contribution in [3.8, 4) is 0 Å². The molecule has 1 aromatic heterocycles. The molecule has 2 rings (SSSR count). The maximum atomic E-state index is 4.84. The minimum absolute atomic E-state index is 0.657. The lowest BCUT2D eigenvalue weighted by molar-refractivity contribution is 0.736. The molecule has 20 heavy (non-hydrogen) atoms. The van der Waals surface area contributed by atoms with Gasteiger partial charge in [-0.1, -0.05) is 63.5 Å². The molecule has 1 aromatic carbocycles. The number of benzene rings is 1. The highest BCUT2D eigenvalue weighted by Gasteiger charge is 2.47. The zero-order valence-electron chi connectivity index (χ0n) is 13.3. The number of fused-ring (bicyclic) bond motifs is 1. The van der Waals surface area contributed by atoms with Gasteiger partial charge < -0.3 is 0 Å². The van der Waals surface area contributed by atoms with Gasteiger partial charge in [-0.25, -0.2) is 0 Å². The van der Waals surface area contributed by atoms with Crippen LogP contribution in [0.3, 0.4) is 0 Å². The Morgan fingerprint density at radius 2 is 1.55 bits per heavy atom. The molecule has 0 radical (unpaired) electrons. The van der Waals surface area contributed by atoms with Crippen LogP contribution < -0.4 is 0 Å². The topological polar surface area (TPSA) is 17.8 Å². The van der Waals surface area contributed by atoms with E-state index in [0.29, 0.717) is 16.6 Å². The molecule has 0 aliphatic rings. The Bertz CT molecular complexity index is 580. The van der Waals surface area contributed by atoms with E-state index in [-0.39, 0.29) is 0 Å². The molecule has 0 spiro atoms. The molecule has 0 aliphatic carbocycles. The summed E-state index contributed by atoms with van der Waals surface area (Å²) in [5, 5.41) is 6.07. The van der Waals surface area contributed by atoms with Gasteiger partial charge in [-0.3, -0.25) is 4.35 Å². The Morgan fingerprint density at radius 3 is 2.05 bits per heavy atom. The normalized spacial score (nSPS) is 13.1. The van der Waals surface area contributed by atoms with Gasteiger partial charge in [-0.2, -0.15) is 5.10 Å². The van der Waals surface area contributed by atoms with Crippen LogP contribution in [0.15, 0.2) is 28.9 Å². The third-order valence-electron chi connectivity index (χ3n) is 4.70. The lowest BCUT2D eigenvalue weighted by Gasteiger charge is -2.43. The number of halogens is 1. The molecular formula is C16H25BrN2Si. The molecule has 0 N–H and O–H groups in total. The number of hydrogen-bond acceptors (Lipinski definition) is 1. The van der Waals surface area contributed by atoms with Gasteiger partial charge >= 0.3 is 0 Å². The average Bonchev–Trinajstić information content (AvgIpc) is 2.74. The minimum Gasteiger partial charge on any atom is -0.293 e. The largest absolute Gasteiger partial charge is 0.293 e. The summed E-state index contributed by atoms with van der Waals surface area (Å²) < 4.78 is 3.55. The summed E-state index contributed by atoms with van der Waals surface area (Å²) in [7, 11) is -1.75. The fourth-order valence-corrected chi connectivity index (χ4v) is 10.9. The molecule has 2 aromatic rings. The SMILES string of the molecule is CC(C)[Si](C(C)C)(C(C)C)n1ncc2c(Br)cccc21.